The molecular formula is C36H53NO6. The van der Waals surface area contributed by atoms with E-state index in [9.17, 15) is 19.5 Å². The van der Waals surface area contributed by atoms with Gasteiger partial charge in [0.05, 0.1) is 0 Å². The van der Waals surface area contributed by atoms with Crippen molar-refractivity contribution < 1.29 is 29.0 Å². The van der Waals surface area contributed by atoms with Gasteiger partial charge < -0.3 is 19.9 Å². The van der Waals surface area contributed by atoms with Crippen molar-refractivity contribution in [3.63, 3.8) is 0 Å². The summed E-state index contributed by atoms with van der Waals surface area (Å²) in [5, 5.41) is 14.1. The lowest BCUT2D eigenvalue weighted by Gasteiger charge is -2.66. The SMILES string of the molecule is CCNC(=O)C1OC(C(=O)C23CCC4C(=CCC5C4(C)CCC4C(C)C(=O)CCC45C)C2CC(C)(C)CC3)C(O)C2OC12. The van der Waals surface area contributed by atoms with Crippen LogP contribution in [0.4, 0.5) is 0 Å². The zero-order valence-corrected chi connectivity index (χ0v) is 27.1. The van der Waals surface area contributed by atoms with E-state index in [-0.39, 0.29) is 39.8 Å². The molecule has 7 aliphatic rings. The molecule has 0 spiro atoms. The van der Waals surface area contributed by atoms with Crippen LogP contribution in [0.1, 0.15) is 106 Å². The molecule has 43 heavy (non-hydrogen) atoms. The first-order valence-corrected chi connectivity index (χ1v) is 17.3. The van der Waals surface area contributed by atoms with Gasteiger partial charge in [-0.15, -0.1) is 0 Å². The molecule has 0 aromatic carbocycles. The molecule has 238 valence electrons. The number of nitrogens with one attached hydrogen (secondary N) is 1. The van der Waals surface area contributed by atoms with E-state index in [4.69, 9.17) is 9.47 Å². The molecule has 13 unspecified atom stereocenters. The van der Waals surface area contributed by atoms with Crippen LogP contribution in [0.25, 0.3) is 0 Å². The number of carbonyl (C=O) groups excluding carboxylic acids is 3. The fraction of sp³-hybridized carbons (Fsp3) is 0.861. The van der Waals surface area contributed by atoms with Crippen molar-refractivity contribution in [3.05, 3.63) is 11.6 Å². The van der Waals surface area contributed by atoms with E-state index < -0.39 is 35.9 Å². The van der Waals surface area contributed by atoms with E-state index in [1.54, 1.807) is 0 Å². The quantitative estimate of drug-likeness (QED) is 0.343. The van der Waals surface area contributed by atoms with E-state index in [1.165, 1.54) is 5.57 Å². The summed E-state index contributed by atoms with van der Waals surface area (Å²) in [6, 6.07) is 0. The number of epoxide rings is 1. The Hall–Kier alpha value is -1.57. The first-order valence-electron chi connectivity index (χ1n) is 17.3. The molecule has 0 bridgehead atoms. The molecule has 7 rings (SSSR count). The number of aliphatic hydroxyl groups excluding tert-OH is 1. The summed E-state index contributed by atoms with van der Waals surface area (Å²) >= 11 is 0. The largest absolute Gasteiger partial charge is 0.387 e. The van der Waals surface area contributed by atoms with Gasteiger partial charge in [-0.25, -0.2) is 0 Å². The molecule has 2 heterocycles. The standard InChI is InChI=1S/C36H53NO6/c1-7-37-32(41)30-29-27(42-29)26(39)28(43-30)31(40)36-15-11-22-20(23(36)18-33(3,4)16-17-36)8-9-25-34(5)14-12-24(38)19(2)21(34)10-13-35(22,25)6/h8,19,21-23,25-30,39H,7,9-18H2,1-6H3,(H,37,41). The third kappa shape index (κ3) is 4.26. The average Bonchev–Trinajstić information content (AvgIpc) is 3.76. The van der Waals surface area contributed by atoms with Gasteiger partial charge in [-0.1, -0.05) is 46.3 Å². The van der Waals surface area contributed by atoms with Gasteiger partial charge in [0.1, 0.15) is 30.2 Å². The molecule has 0 radical (unpaired) electrons. The van der Waals surface area contributed by atoms with Crippen LogP contribution in [0, 0.1) is 51.2 Å². The summed E-state index contributed by atoms with van der Waals surface area (Å²) in [7, 11) is 0. The number of fused-ring (bicyclic) bond motifs is 8. The summed E-state index contributed by atoms with van der Waals surface area (Å²) < 4.78 is 11.9. The van der Waals surface area contributed by atoms with Gasteiger partial charge in [0, 0.05) is 24.3 Å². The number of aliphatic hydroxyl groups is 1. The molecule has 2 saturated heterocycles. The maximum Gasteiger partial charge on any atom is 0.251 e. The van der Waals surface area contributed by atoms with Gasteiger partial charge in [0.15, 0.2) is 11.9 Å². The molecule has 7 nitrogen and oxygen atoms in total. The van der Waals surface area contributed by atoms with E-state index in [0.29, 0.717) is 36.5 Å². The Kier molecular flexibility index (Phi) is 6.97. The second-order valence-corrected chi connectivity index (χ2v) is 16.9. The van der Waals surface area contributed by atoms with Crippen LogP contribution in [0.15, 0.2) is 11.6 Å². The van der Waals surface area contributed by atoms with Crippen LogP contribution in [0.2, 0.25) is 0 Å². The fourth-order valence-electron chi connectivity index (χ4n) is 11.9. The van der Waals surface area contributed by atoms with E-state index >= 15 is 0 Å². The average molecular weight is 596 g/mol. The lowest BCUT2D eigenvalue weighted by atomic mass is 9.38. The Morgan fingerprint density at radius 1 is 0.953 bits per heavy atom. The Bertz CT molecular complexity index is 1240. The predicted octanol–water partition coefficient (Wildman–Crippen LogP) is 5.18. The second-order valence-electron chi connectivity index (χ2n) is 16.9. The number of hydrogen-bond donors (Lipinski definition) is 2. The van der Waals surface area contributed by atoms with Crippen LogP contribution < -0.4 is 5.32 Å². The predicted molar refractivity (Wildman–Crippen MR) is 162 cm³/mol. The Labute approximate surface area is 257 Å². The van der Waals surface area contributed by atoms with Crippen molar-refractivity contribution >= 4 is 17.5 Å². The molecule has 1 amide bonds. The number of hydrogen-bond acceptors (Lipinski definition) is 6. The molecule has 13 atom stereocenters. The molecule has 2 aliphatic heterocycles. The molecular weight excluding hydrogens is 542 g/mol. The zero-order chi connectivity index (χ0) is 30.7. The number of amides is 1. The second kappa shape index (κ2) is 9.96. The number of ether oxygens (including phenoxy) is 2. The third-order valence-electron chi connectivity index (χ3n) is 14.4. The Balaban J connectivity index is 1.23. The molecule has 2 N–H and O–H groups in total. The van der Waals surface area contributed by atoms with Crippen LogP contribution in [0.3, 0.4) is 0 Å². The lowest BCUT2D eigenvalue weighted by molar-refractivity contribution is -0.176. The number of Topliss-reactive ketones (excluding diaryl/α,β-unsaturated/α-hetero) is 2. The summed E-state index contributed by atoms with van der Waals surface area (Å²) in [5.41, 5.74) is 1.35. The number of likely N-dealkylation sites (N-methyl/N-ethyl adjacent to an activating group) is 1. The fourth-order valence-corrected chi connectivity index (χ4v) is 11.9. The molecule has 4 saturated carbocycles. The lowest BCUT2D eigenvalue weighted by Crippen LogP contribution is -2.62. The zero-order valence-electron chi connectivity index (χ0n) is 27.1. The maximum atomic E-state index is 14.8. The number of rotatable bonds is 4. The van der Waals surface area contributed by atoms with Crippen LogP contribution in [-0.2, 0) is 23.9 Å². The number of ketones is 2. The van der Waals surface area contributed by atoms with Crippen molar-refractivity contribution in [2.24, 2.45) is 51.2 Å². The number of allylic oxidation sites excluding steroid dienone is 2. The molecule has 5 aliphatic carbocycles. The highest BCUT2D eigenvalue weighted by molar-refractivity contribution is 5.92. The number of carbonyl (C=O) groups is 3. The highest BCUT2D eigenvalue weighted by Crippen LogP contribution is 2.71. The van der Waals surface area contributed by atoms with Crippen LogP contribution >= 0.6 is 0 Å². The summed E-state index contributed by atoms with van der Waals surface area (Å²) in [4.78, 5) is 40.4. The highest BCUT2D eigenvalue weighted by Gasteiger charge is 2.67. The van der Waals surface area contributed by atoms with Crippen molar-refractivity contribution in [2.45, 2.75) is 136 Å². The summed E-state index contributed by atoms with van der Waals surface area (Å²) in [5.74, 6) is 1.91. The van der Waals surface area contributed by atoms with Crippen LogP contribution in [0.5, 0.6) is 0 Å². The van der Waals surface area contributed by atoms with Gasteiger partial charge in [-0.2, -0.15) is 0 Å². The topological polar surface area (TPSA) is 105 Å². The van der Waals surface area contributed by atoms with E-state index in [2.05, 4.69) is 46.0 Å². The molecule has 0 aromatic rings. The Morgan fingerprint density at radius 2 is 1.72 bits per heavy atom. The van der Waals surface area contributed by atoms with Gasteiger partial charge in [0.25, 0.3) is 5.91 Å². The van der Waals surface area contributed by atoms with Gasteiger partial charge >= 0.3 is 0 Å². The third-order valence-corrected chi connectivity index (χ3v) is 14.4. The normalized spacial score (nSPS) is 51.4. The monoisotopic (exact) mass is 595 g/mol. The smallest absolute Gasteiger partial charge is 0.251 e. The summed E-state index contributed by atoms with van der Waals surface area (Å²) in [6.45, 7) is 14.2. The first-order chi connectivity index (χ1) is 20.3. The van der Waals surface area contributed by atoms with Crippen LogP contribution in [-0.4, -0.2) is 59.6 Å². The van der Waals surface area contributed by atoms with Crippen molar-refractivity contribution in [1.82, 2.24) is 5.32 Å². The van der Waals surface area contributed by atoms with Crippen molar-refractivity contribution in [3.8, 4) is 0 Å². The Morgan fingerprint density at radius 3 is 2.47 bits per heavy atom. The van der Waals surface area contributed by atoms with Gasteiger partial charge in [0.2, 0.25) is 0 Å². The van der Waals surface area contributed by atoms with Crippen molar-refractivity contribution in [1.29, 1.82) is 0 Å². The first kappa shape index (κ1) is 30.1. The maximum absolute atomic E-state index is 14.8. The molecule has 6 fully saturated rings. The molecule has 0 aromatic heterocycles. The van der Waals surface area contributed by atoms with Gasteiger partial charge in [-0.05, 0) is 105 Å². The van der Waals surface area contributed by atoms with E-state index in [1.807, 2.05) is 6.92 Å². The minimum absolute atomic E-state index is 0.00865. The minimum Gasteiger partial charge on any atom is -0.387 e. The van der Waals surface area contributed by atoms with E-state index in [0.717, 1.165) is 57.8 Å². The highest BCUT2D eigenvalue weighted by atomic mass is 16.7. The van der Waals surface area contributed by atoms with Gasteiger partial charge in [-0.3, -0.25) is 14.4 Å². The summed E-state index contributed by atoms with van der Waals surface area (Å²) in [6.07, 6.45) is 8.09. The van der Waals surface area contributed by atoms with Crippen molar-refractivity contribution in [2.75, 3.05) is 6.54 Å². The minimum atomic E-state index is -1.04. The molecule has 7 heteroatoms.